The van der Waals surface area contributed by atoms with Crippen molar-refractivity contribution in [3.05, 3.63) is 58.3 Å². The normalized spacial score (nSPS) is 10.4. The first kappa shape index (κ1) is 15.8. The lowest BCUT2D eigenvalue weighted by Crippen LogP contribution is -2.07. The first-order valence-corrected chi connectivity index (χ1v) is 7.48. The van der Waals surface area contributed by atoms with Crippen molar-refractivity contribution in [2.75, 3.05) is 13.2 Å². The summed E-state index contributed by atoms with van der Waals surface area (Å²) in [7, 11) is 0. The van der Waals surface area contributed by atoms with E-state index in [9.17, 15) is 4.39 Å². The molecule has 112 valence electrons. The fourth-order valence-electron chi connectivity index (χ4n) is 1.81. The Morgan fingerprint density at radius 2 is 1.81 bits per heavy atom. The molecule has 0 saturated carbocycles. The standard InChI is InChI=1S/C16H17BrFNO2/c17-14-10-13(6-7-15(14)18)20-8-3-9-21-16-5-2-1-4-12(16)11-19/h1-2,4-7,10H,3,8-9,11,19H2. The van der Waals surface area contributed by atoms with Crippen LogP contribution in [0, 0.1) is 5.82 Å². The third-order valence-electron chi connectivity index (χ3n) is 2.90. The molecule has 0 amide bonds. The van der Waals surface area contributed by atoms with Gasteiger partial charge in [-0.2, -0.15) is 0 Å². The number of hydrogen-bond donors (Lipinski definition) is 1. The van der Waals surface area contributed by atoms with Gasteiger partial charge in [0.1, 0.15) is 17.3 Å². The minimum Gasteiger partial charge on any atom is -0.493 e. The summed E-state index contributed by atoms with van der Waals surface area (Å²) >= 11 is 3.12. The van der Waals surface area contributed by atoms with Crippen LogP contribution < -0.4 is 15.2 Å². The van der Waals surface area contributed by atoms with Gasteiger partial charge in [0.15, 0.2) is 0 Å². The number of benzene rings is 2. The molecule has 0 aliphatic carbocycles. The van der Waals surface area contributed by atoms with Crippen molar-refractivity contribution in [3.8, 4) is 11.5 Å². The van der Waals surface area contributed by atoms with Crippen molar-refractivity contribution >= 4 is 15.9 Å². The number of hydrogen-bond acceptors (Lipinski definition) is 3. The van der Waals surface area contributed by atoms with E-state index in [1.807, 2.05) is 24.3 Å². The smallest absolute Gasteiger partial charge is 0.137 e. The average Bonchev–Trinajstić information content (AvgIpc) is 2.51. The number of para-hydroxylation sites is 1. The molecule has 0 saturated heterocycles. The monoisotopic (exact) mass is 353 g/mol. The van der Waals surface area contributed by atoms with Gasteiger partial charge in [-0.15, -0.1) is 0 Å². The second-order valence-electron chi connectivity index (χ2n) is 4.44. The van der Waals surface area contributed by atoms with Gasteiger partial charge in [0.05, 0.1) is 17.7 Å². The predicted octanol–water partition coefficient (Wildman–Crippen LogP) is 3.89. The minimum absolute atomic E-state index is 0.302. The van der Waals surface area contributed by atoms with Gasteiger partial charge in [-0.25, -0.2) is 4.39 Å². The molecule has 0 aliphatic heterocycles. The summed E-state index contributed by atoms with van der Waals surface area (Å²) in [6, 6.07) is 12.3. The molecule has 2 aromatic carbocycles. The van der Waals surface area contributed by atoms with E-state index in [2.05, 4.69) is 15.9 Å². The van der Waals surface area contributed by atoms with Crippen LogP contribution >= 0.6 is 15.9 Å². The predicted molar refractivity (Wildman–Crippen MR) is 84.0 cm³/mol. The molecule has 0 atom stereocenters. The van der Waals surface area contributed by atoms with Crippen molar-refractivity contribution in [1.82, 2.24) is 0 Å². The largest absolute Gasteiger partial charge is 0.493 e. The van der Waals surface area contributed by atoms with Crippen LogP contribution in [0.3, 0.4) is 0 Å². The van der Waals surface area contributed by atoms with Crippen LogP contribution in [0.5, 0.6) is 11.5 Å². The highest BCUT2D eigenvalue weighted by Gasteiger charge is 2.02. The van der Waals surface area contributed by atoms with Gasteiger partial charge in [-0.1, -0.05) is 18.2 Å². The van der Waals surface area contributed by atoms with E-state index in [0.29, 0.717) is 30.0 Å². The van der Waals surface area contributed by atoms with Gasteiger partial charge in [-0.3, -0.25) is 0 Å². The molecule has 0 fully saturated rings. The van der Waals surface area contributed by atoms with E-state index in [1.54, 1.807) is 12.1 Å². The molecular formula is C16H17BrFNO2. The molecule has 2 aromatic rings. The SMILES string of the molecule is NCc1ccccc1OCCCOc1ccc(F)c(Br)c1. The molecule has 0 spiro atoms. The fourth-order valence-corrected chi connectivity index (χ4v) is 2.17. The van der Waals surface area contributed by atoms with Crippen LogP contribution in [-0.4, -0.2) is 13.2 Å². The van der Waals surface area contributed by atoms with Gasteiger partial charge >= 0.3 is 0 Å². The molecule has 2 N–H and O–H groups in total. The van der Waals surface area contributed by atoms with Crippen molar-refractivity contribution in [2.45, 2.75) is 13.0 Å². The van der Waals surface area contributed by atoms with Crippen LogP contribution in [0.4, 0.5) is 4.39 Å². The van der Waals surface area contributed by atoms with Gasteiger partial charge in [-0.05, 0) is 40.2 Å². The molecule has 0 bridgehead atoms. The Bertz CT molecular complexity index is 592. The third kappa shape index (κ3) is 4.72. The summed E-state index contributed by atoms with van der Waals surface area (Å²) in [5.74, 6) is 1.14. The fraction of sp³-hybridized carbons (Fsp3) is 0.250. The second-order valence-corrected chi connectivity index (χ2v) is 5.29. The Morgan fingerprint density at radius 3 is 2.57 bits per heavy atom. The van der Waals surface area contributed by atoms with Gasteiger partial charge < -0.3 is 15.2 Å². The summed E-state index contributed by atoms with van der Waals surface area (Å²) in [6.07, 6.45) is 0.730. The third-order valence-corrected chi connectivity index (χ3v) is 3.51. The number of ether oxygens (including phenoxy) is 2. The lowest BCUT2D eigenvalue weighted by atomic mass is 10.2. The topological polar surface area (TPSA) is 44.5 Å². The lowest BCUT2D eigenvalue weighted by Gasteiger charge is -2.11. The van der Waals surface area contributed by atoms with Gasteiger partial charge in [0.25, 0.3) is 0 Å². The number of halogens is 2. The Balaban J connectivity index is 1.73. The highest BCUT2D eigenvalue weighted by molar-refractivity contribution is 9.10. The Hall–Kier alpha value is -1.59. The minimum atomic E-state index is -0.302. The van der Waals surface area contributed by atoms with Crippen LogP contribution in [0.25, 0.3) is 0 Å². The van der Waals surface area contributed by atoms with E-state index in [1.165, 1.54) is 6.07 Å². The summed E-state index contributed by atoms with van der Waals surface area (Å²) in [5, 5.41) is 0. The zero-order valence-electron chi connectivity index (χ0n) is 11.5. The molecule has 2 rings (SSSR count). The summed E-state index contributed by atoms with van der Waals surface area (Å²) in [6.45, 7) is 1.50. The van der Waals surface area contributed by atoms with E-state index in [-0.39, 0.29) is 5.82 Å². The maximum absolute atomic E-state index is 13.1. The van der Waals surface area contributed by atoms with Crippen LogP contribution in [0.15, 0.2) is 46.9 Å². The maximum atomic E-state index is 13.1. The molecule has 0 aromatic heterocycles. The molecule has 0 radical (unpaired) electrons. The molecule has 0 unspecified atom stereocenters. The maximum Gasteiger partial charge on any atom is 0.137 e. The number of rotatable bonds is 7. The molecule has 5 heteroatoms. The molecule has 0 heterocycles. The highest BCUT2D eigenvalue weighted by atomic mass is 79.9. The van der Waals surface area contributed by atoms with E-state index in [0.717, 1.165) is 17.7 Å². The van der Waals surface area contributed by atoms with Crippen molar-refractivity contribution in [3.63, 3.8) is 0 Å². The molecule has 21 heavy (non-hydrogen) atoms. The second kappa shape index (κ2) is 8.00. The van der Waals surface area contributed by atoms with Gasteiger partial charge in [0.2, 0.25) is 0 Å². The zero-order valence-corrected chi connectivity index (χ0v) is 13.1. The van der Waals surface area contributed by atoms with E-state index in [4.69, 9.17) is 15.2 Å². The van der Waals surface area contributed by atoms with Crippen molar-refractivity contribution < 1.29 is 13.9 Å². The summed E-state index contributed by atoms with van der Waals surface area (Å²) in [4.78, 5) is 0. The Morgan fingerprint density at radius 1 is 1.05 bits per heavy atom. The summed E-state index contributed by atoms with van der Waals surface area (Å²) < 4.78 is 24.7. The summed E-state index contributed by atoms with van der Waals surface area (Å²) in [5.41, 5.74) is 6.63. The number of nitrogens with two attached hydrogens (primary N) is 1. The first-order chi connectivity index (χ1) is 10.2. The van der Waals surface area contributed by atoms with Crippen LogP contribution in [0.1, 0.15) is 12.0 Å². The zero-order chi connectivity index (χ0) is 15.1. The van der Waals surface area contributed by atoms with Crippen LogP contribution in [0.2, 0.25) is 0 Å². The molecular weight excluding hydrogens is 337 g/mol. The van der Waals surface area contributed by atoms with Crippen molar-refractivity contribution in [1.29, 1.82) is 0 Å². The quantitative estimate of drug-likeness (QED) is 0.767. The highest BCUT2D eigenvalue weighted by Crippen LogP contribution is 2.22. The van der Waals surface area contributed by atoms with Crippen LogP contribution in [-0.2, 0) is 6.54 Å². The van der Waals surface area contributed by atoms with Gasteiger partial charge in [0, 0.05) is 18.5 Å². The van der Waals surface area contributed by atoms with Crippen molar-refractivity contribution in [2.24, 2.45) is 5.73 Å². The average molecular weight is 354 g/mol. The molecule has 0 aliphatic rings. The van der Waals surface area contributed by atoms with E-state index < -0.39 is 0 Å². The molecule has 3 nitrogen and oxygen atoms in total. The lowest BCUT2D eigenvalue weighted by molar-refractivity contribution is 0.246. The first-order valence-electron chi connectivity index (χ1n) is 6.69. The Labute approximate surface area is 132 Å². The van der Waals surface area contributed by atoms with E-state index >= 15 is 0 Å². The Kier molecular flexibility index (Phi) is 6.02.